The zero-order valence-electron chi connectivity index (χ0n) is 19.7. The molecule has 1 unspecified atom stereocenters. The summed E-state index contributed by atoms with van der Waals surface area (Å²) in [6.07, 6.45) is 3.58. The van der Waals surface area contributed by atoms with Gasteiger partial charge in [0.25, 0.3) is 0 Å². The Kier molecular flexibility index (Phi) is 5.99. The molecule has 0 radical (unpaired) electrons. The number of allylic oxidation sites excluding steroid dienone is 4. The molecule has 0 saturated carbocycles. The molecule has 2 aromatic carbocycles. The maximum Gasteiger partial charge on any atom is 0.169 e. The van der Waals surface area contributed by atoms with Crippen molar-refractivity contribution in [1.29, 1.82) is 10.5 Å². The summed E-state index contributed by atoms with van der Waals surface area (Å²) in [5.74, 6) is 1.41. The summed E-state index contributed by atoms with van der Waals surface area (Å²) >= 11 is 0. The summed E-state index contributed by atoms with van der Waals surface area (Å²) in [6, 6.07) is 19.0. The normalized spacial score (nSPS) is 15.4. The van der Waals surface area contributed by atoms with Crippen LogP contribution in [0.3, 0.4) is 0 Å². The molecule has 1 aliphatic carbocycles. The quantitative estimate of drug-likeness (QED) is 0.461. The highest BCUT2D eigenvalue weighted by Crippen LogP contribution is 2.38. The summed E-state index contributed by atoms with van der Waals surface area (Å²) < 4.78 is 2.13. The molecule has 4 rings (SSSR count). The van der Waals surface area contributed by atoms with Crippen LogP contribution in [0.2, 0.25) is 0 Å². The van der Waals surface area contributed by atoms with E-state index >= 15 is 0 Å². The number of hydrogen-bond donors (Lipinski definition) is 0. The first-order chi connectivity index (χ1) is 15.9. The minimum absolute atomic E-state index is 0.285. The lowest BCUT2D eigenvalue weighted by atomic mass is 9.92. The van der Waals surface area contributed by atoms with E-state index in [1.165, 1.54) is 11.1 Å². The van der Waals surface area contributed by atoms with Crippen molar-refractivity contribution in [3.63, 3.8) is 0 Å². The van der Waals surface area contributed by atoms with Crippen LogP contribution < -0.4 is 0 Å². The first-order valence-electron chi connectivity index (χ1n) is 11.3. The third kappa shape index (κ3) is 3.88. The van der Waals surface area contributed by atoms with Crippen LogP contribution in [0.25, 0.3) is 22.6 Å². The van der Waals surface area contributed by atoms with Crippen LogP contribution in [0.5, 0.6) is 0 Å². The van der Waals surface area contributed by atoms with Gasteiger partial charge in [0.1, 0.15) is 5.92 Å². The van der Waals surface area contributed by atoms with E-state index in [9.17, 15) is 10.5 Å². The highest BCUT2D eigenvalue weighted by atomic mass is 15.3. The highest BCUT2D eigenvalue weighted by Gasteiger charge is 2.28. The molecule has 0 saturated heterocycles. The van der Waals surface area contributed by atoms with Gasteiger partial charge in [0.15, 0.2) is 11.6 Å². The van der Waals surface area contributed by atoms with Gasteiger partial charge in [-0.25, -0.2) is 0 Å². The fourth-order valence-corrected chi connectivity index (χ4v) is 4.37. The van der Waals surface area contributed by atoms with Crippen molar-refractivity contribution in [2.75, 3.05) is 0 Å². The average molecular weight is 434 g/mol. The van der Waals surface area contributed by atoms with Gasteiger partial charge >= 0.3 is 0 Å². The minimum atomic E-state index is -0.568. The van der Waals surface area contributed by atoms with Crippen LogP contribution in [0.1, 0.15) is 62.0 Å². The first kappa shape index (κ1) is 22.2. The van der Waals surface area contributed by atoms with Gasteiger partial charge in [0, 0.05) is 11.1 Å². The molecule has 1 aliphatic rings. The minimum Gasteiger partial charge on any atom is -0.274 e. The molecule has 33 heavy (non-hydrogen) atoms. The molecule has 5 heteroatoms. The van der Waals surface area contributed by atoms with Gasteiger partial charge in [0.05, 0.1) is 23.4 Å². The fraction of sp³-hybridized carbons (Fsp3) is 0.286. The Morgan fingerprint density at radius 1 is 0.879 bits per heavy atom. The molecule has 0 aliphatic heterocycles. The third-order valence-electron chi connectivity index (χ3n) is 6.13. The number of benzene rings is 2. The smallest absolute Gasteiger partial charge is 0.169 e. The Balaban J connectivity index is 2.10. The number of rotatable bonds is 5. The Hall–Kier alpha value is -3.96. The SMILES string of the molecule is Cc1ccccc1-c1nnc(C2=CC(C#N)C(C#N)=C2)n1-c1c(C(C)C)cccc1C(C)C. The van der Waals surface area contributed by atoms with Gasteiger partial charge in [-0.15, -0.1) is 10.2 Å². The highest BCUT2D eigenvalue weighted by molar-refractivity contribution is 5.80. The topological polar surface area (TPSA) is 78.3 Å². The molecule has 164 valence electrons. The van der Waals surface area contributed by atoms with Crippen LogP contribution in [0.15, 0.2) is 60.2 Å². The second kappa shape index (κ2) is 8.88. The fourth-order valence-electron chi connectivity index (χ4n) is 4.37. The standard InChI is InChI=1S/C28H27N5/c1-17(2)23-11-8-12-24(18(3)4)26(23)33-27(20-13-21(15-29)22(14-20)16-30)31-32-28(33)25-10-7-6-9-19(25)5/h6-14,17-18,21H,1-5H3. The molecule has 0 N–H and O–H groups in total. The van der Waals surface area contributed by atoms with Gasteiger partial charge in [-0.05, 0) is 41.5 Å². The van der Waals surface area contributed by atoms with E-state index in [1.54, 1.807) is 6.08 Å². The van der Waals surface area contributed by atoms with Gasteiger partial charge in [0.2, 0.25) is 0 Å². The van der Waals surface area contributed by atoms with E-state index in [4.69, 9.17) is 0 Å². The van der Waals surface area contributed by atoms with Crippen molar-refractivity contribution < 1.29 is 0 Å². The number of aromatic nitrogens is 3. The van der Waals surface area contributed by atoms with Crippen molar-refractivity contribution in [2.45, 2.75) is 46.5 Å². The van der Waals surface area contributed by atoms with E-state index in [0.29, 0.717) is 11.4 Å². The molecule has 3 aromatic rings. The van der Waals surface area contributed by atoms with E-state index in [0.717, 1.165) is 28.2 Å². The van der Waals surface area contributed by atoms with E-state index in [1.807, 2.05) is 18.2 Å². The second-order valence-corrected chi connectivity index (χ2v) is 9.03. The van der Waals surface area contributed by atoms with Crippen LogP contribution in [0.4, 0.5) is 0 Å². The largest absolute Gasteiger partial charge is 0.274 e. The van der Waals surface area contributed by atoms with Crippen LogP contribution >= 0.6 is 0 Å². The Bertz CT molecular complexity index is 1330. The van der Waals surface area contributed by atoms with Crippen molar-refractivity contribution in [3.8, 4) is 29.2 Å². The zero-order chi connectivity index (χ0) is 23.7. The molecule has 0 amide bonds. The monoisotopic (exact) mass is 433 g/mol. The number of hydrogen-bond acceptors (Lipinski definition) is 4. The number of para-hydroxylation sites is 1. The number of aryl methyl sites for hydroxylation is 1. The predicted octanol–water partition coefficient (Wildman–Crippen LogP) is 6.48. The number of nitriles is 2. The lowest BCUT2D eigenvalue weighted by Crippen LogP contribution is -2.11. The van der Waals surface area contributed by atoms with E-state index in [2.05, 4.69) is 91.9 Å². The van der Waals surface area contributed by atoms with Gasteiger partial charge in [-0.3, -0.25) is 4.57 Å². The van der Waals surface area contributed by atoms with Crippen molar-refractivity contribution in [2.24, 2.45) is 5.92 Å². The molecular weight excluding hydrogens is 406 g/mol. The predicted molar refractivity (Wildman–Crippen MR) is 130 cm³/mol. The van der Waals surface area contributed by atoms with Gasteiger partial charge < -0.3 is 0 Å². The van der Waals surface area contributed by atoms with Crippen molar-refractivity contribution in [1.82, 2.24) is 14.8 Å². The Morgan fingerprint density at radius 3 is 2.06 bits per heavy atom. The van der Waals surface area contributed by atoms with Crippen molar-refractivity contribution in [3.05, 3.63) is 82.7 Å². The van der Waals surface area contributed by atoms with Crippen molar-refractivity contribution >= 4 is 5.57 Å². The zero-order valence-corrected chi connectivity index (χ0v) is 19.7. The van der Waals surface area contributed by atoms with E-state index < -0.39 is 5.92 Å². The lowest BCUT2D eigenvalue weighted by Gasteiger charge is -2.23. The summed E-state index contributed by atoms with van der Waals surface area (Å²) in [5.41, 5.74) is 6.78. The van der Waals surface area contributed by atoms with Crippen LogP contribution in [-0.4, -0.2) is 14.8 Å². The van der Waals surface area contributed by atoms with Gasteiger partial charge in [-0.1, -0.05) is 76.2 Å². The molecule has 0 fully saturated rings. The van der Waals surface area contributed by atoms with Crippen LogP contribution in [-0.2, 0) is 0 Å². The molecule has 1 heterocycles. The molecule has 5 nitrogen and oxygen atoms in total. The second-order valence-electron chi connectivity index (χ2n) is 9.03. The molecule has 1 aromatic heterocycles. The lowest BCUT2D eigenvalue weighted by molar-refractivity contribution is 0.803. The van der Waals surface area contributed by atoms with E-state index in [-0.39, 0.29) is 11.8 Å². The summed E-state index contributed by atoms with van der Waals surface area (Å²) in [5, 5.41) is 28.3. The summed E-state index contributed by atoms with van der Waals surface area (Å²) in [7, 11) is 0. The summed E-state index contributed by atoms with van der Waals surface area (Å²) in [4.78, 5) is 0. The van der Waals surface area contributed by atoms with Gasteiger partial charge in [-0.2, -0.15) is 10.5 Å². The third-order valence-corrected chi connectivity index (χ3v) is 6.13. The Morgan fingerprint density at radius 2 is 1.52 bits per heavy atom. The maximum absolute atomic E-state index is 9.54. The average Bonchev–Trinajstić information content (AvgIpc) is 3.42. The first-order valence-corrected chi connectivity index (χ1v) is 11.3. The molecular formula is C28H27N5. The summed E-state index contributed by atoms with van der Waals surface area (Å²) in [6.45, 7) is 10.8. The van der Waals surface area contributed by atoms with Crippen LogP contribution in [0, 0.1) is 35.5 Å². The Labute approximate surface area is 195 Å². The molecule has 0 bridgehead atoms. The number of nitrogens with zero attached hydrogens (tertiary/aromatic N) is 5. The molecule has 1 atom stereocenters. The maximum atomic E-state index is 9.54. The molecule has 0 spiro atoms.